The molecule has 0 spiro atoms. The highest BCUT2D eigenvalue weighted by molar-refractivity contribution is 6.11. The Labute approximate surface area is 53.9 Å². The van der Waals surface area contributed by atoms with Crippen LogP contribution in [0.3, 0.4) is 0 Å². The summed E-state index contributed by atoms with van der Waals surface area (Å²) >= 11 is 0. The lowest BCUT2D eigenvalue weighted by atomic mass is 10.5. The van der Waals surface area contributed by atoms with Crippen molar-refractivity contribution in [1.29, 1.82) is 0 Å². The van der Waals surface area contributed by atoms with Gasteiger partial charge < -0.3 is 19.5 Å². The molecule has 0 saturated carbocycles. The van der Waals surface area contributed by atoms with Crippen LogP contribution in [0.5, 0.6) is 0 Å². The number of hydrogen-bond donors (Lipinski definition) is 1. The fraction of sp³-hybridized carbons (Fsp3) is 0.750. The highest BCUT2D eigenvalue weighted by Gasteiger charge is 2.19. The van der Waals surface area contributed by atoms with E-state index in [1.54, 1.807) is 7.98 Å². The molecule has 0 radical (unpaired) electrons. The van der Waals surface area contributed by atoms with Crippen molar-refractivity contribution in [3.8, 4) is 0 Å². The van der Waals surface area contributed by atoms with Crippen molar-refractivity contribution in [3.05, 3.63) is 0 Å². The maximum atomic E-state index is 8.47. The Morgan fingerprint density at radius 2 is 2.67 bits per heavy atom. The van der Waals surface area contributed by atoms with Crippen LogP contribution < -0.4 is 0 Å². The van der Waals surface area contributed by atoms with Crippen molar-refractivity contribution < 1.29 is 14.6 Å². The SMILES string of the molecule is BN=C1COC(CO)O1. The minimum Gasteiger partial charge on any atom is -0.448 e. The molecule has 1 unspecified atom stereocenters. The van der Waals surface area contributed by atoms with Gasteiger partial charge in [-0.25, -0.2) is 0 Å². The smallest absolute Gasteiger partial charge is 0.248 e. The summed E-state index contributed by atoms with van der Waals surface area (Å²) in [7, 11) is 1.62. The van der Waals surface area contributed by atoms with Crippen molar-refractivity contribution in [2.45, 2.75) is 6.29 Å². The summed E-state index contributed by atoms with van der Waals surface area (Å²) < 4.78 is 9.84. The Bertz CT molecular complexity index is 127. The van der Waals surface area contributed by atoms with Gasteiger partial charge in [0.1, 0.15) is 13.2 Å². The minimum atomic E-state index is -0.497. The topological polar surface area (TPSA) is 51.0 Å². The molecule has 9 heavy (non-hydrogen) atoms. The summed E-state index contributed by atoms with van der Waals surface area (Å²) in [6.07, 6.45) is -0.497. The average Bonchev–Trinajstić information content (AvgIpc) is 2.34. The van der Waals surface area contributed by atoms with Crippen LogP contribution in [0.4, 0.5) is 0 Å². The van der Waals surface area contributed by atoms with Gasteiger partial charge in [0.15, 0.2) is 5.90 Å². The molecule has 1 rings (SSSR count). The molecule has 1 aliphatic heterocycles. The van der Waals surface area contributed by atoms with E-state index in [4.69, 9.17) is 14.6 Å². The predicted octanol–water partition coefficient (Wildman–Crippen LogP) is -1.70. The highest BCUT2D eigenvalue weighted by atomic mass is 16.7. The van der Waals surface area contributed by atoms with E-state index in [2.05, 4.69) is 4.90 Å². The minimum absolute atomic E-state index is 0.112. The van der Waals surface area contributed by atoms with Gasteiger partial charge in [-0.15, -0.1) is 0 Å². The van der Waals surface area contributed by atoms with E-state index in [-0.39, 0.29) is 6.61 Å². The number of hydrogen-bond acceptors (Lipinski definition) is 4. The monoisotopic (exact) mass is 129 g/mol. The number of nitrogens with zero attached hydrogens (tertiary/aromatic N) is 1. The first-order chi connectivity index (χ1) is 4.36. The normalized spacial score (nSPS) is 30.8. The highest BCUT2D eigenvalue weighted by Crippen LogP contribution is 2.04. The van der Waals surface area contributed by atoms with Crippen molar-refractivity contribution in [1.82, 2.24) is 0 Å². The van der Waals surface area contributed by atoms with Gasteiger partial charge in [0.05, 0.1) is 0 Å². The molecule has 1 N–H and O–H groups in total. The fourth-order valence-electron chi connectivity index (χ4n) is 0.591. The third-order valence-electron chi connectivity index (χ3n) is 1.06. The number of aliphatic hydroxyl groups excluding tert-OH is 1. The third kappa shape index (κ3) is 1.43. The first-order valence-electron chi connectivity index (χ1n) is 2.71. The zero-order valence-corrected chi connectivity index (χ0v) is 5.20. The molecule has 1 aliphatic rings. The van der Waals surface area contributed by atoms with Crippen molar-refractivity contribution in [2.24, 2.45) is 4.90 Å². The molecule has 1 saturated heterocycles. The lowest BCUT2D eigenvalue weighted by Gasteiger charge is -2.02. The zero-order valence-electron chi connectivity index (χ0n) is 5.20. The van der Waals surface area contributed by atoms with Gasteiger partial charge in [-0.2, -0.15) is 0 Å². The second-order valence-corrected chi connectivity index (χ2v) is 1.66. The van der Waals surface area contributed by atoms with Crippen LogP contribution in [0.1, 0.15) is 0 Å². The van der Waals surface area contributed by atoms with Crippen LogP contribution in [-0.4, -0.2) is 38.5 Å². The number of ether oxygens (including phenoxy) is 2. The van der Waals surface area contributed by atoms with Crippen LogP contribution in [0.25, 0.3) is 0 Å². The molecule has 1 fully saturated rings. The van der Waals surface area contributed by atoms with E-state index in [1.807, 2.05) is 0 Å². The standard InChI is InChI=1S/C4H8BNO3/c5-6-3-2-8-4(1-7)9-3/h4,7H,1-2,5H2. The fourth-order valence-corrected chi connectivity index (χ4v) is 0.591. The molecular weight excluding hydrogens is 121 g/mol. The molecule has 5 heteroatoms. The number of rotatable bonds is 1. The quantitative estimate of drug-likeness (QED) is 0.429. The first kappa shape index (κ1) is 6.57. The van der Waals surface area contributed by atoms with Crippen LogP contribution in [0.15, 0.2) is 4.90 Å². The summed E-state index contributed by atoms with van der Waals surface area (Å²) in [5.74, 6) is 0.550. The molecule has 0 aliphatic carbocycles. The van der Waals surface area contributed by atoms with Gasteiger partial charge in [-0.05, 0) is 0 Å². The molecule has 0 bridgehead atoms. The van der Waals surface area contributed by atoms with Gasteiger partial charge >= 0.3 is 0 Å². The molecule has 4 nitrogen and oxygen atoms in total. The summed E-state index contributed by atoms with van der Waals surface area (Å²) in [5, 5.41) is 8.47. The average molecular weight is 129 g/mol. The predicted molar refractivity (Wildman–Crippen MR) is 33.9 cm³/mol. The molecule has 0 amide bonds. The van der Waals surface area contributed by atoms with Gasteiger partial charge in [-0.1, -0.05) is 0 Å². The molecule has 1 heterocycles. The third-order valence-corrected chi connectivity index (χ3v) is 1.06. The molecule has 1 atom stereocenters. The van der Waals surface area contributed by atoms with Crippen LogP contribution in [0, 0.1) is 0 Å². The van der Waals surface area contributed by atoms with Crippen molar-refractivity contribution in [3.63, 3.8) is 0 Å². The summed E-state index contributed by atoms with van der Waals surface area (Å²) in [5.41, 5.74) is 0. The second kappa shape index (κ2) is 2.84. The van der Waals surface area contributed by atoms with E-state index in [0.29, 0.717) is 12.5 Å². The van der Waals surface area contributed by atoms with Gasteiger partial charge in [0.25, 0.3) is 0 Å². The Kier molecular flexibility index (Phi) is 2.08. The van der Waals surface area contributed by atoms with Gasteiger partial charge in [-0.3, -0.25) is 0 Å². The Morgan fingerprint density at radius 1 is 1.89 bits per heavy atom. The summed E-state index contributed by atoms with van der Waals surface area (Å²) in [4.78, 5) is 3.74. The van der Waals surface area contributed by atoms with Crippen LogP contribution >= 0.6 is 0 Å². The Balaban J connectivity index is 2.38. The molecule has 0 aromatic carbocycles. The van der Waals surface area contributed by atoms with Crippen LogP contribution in [0.2, 0.25) is 0 Å². The van der Waals surface area contributed by atoms with E-state index in [9.17, 15) is 0 Å². The largest absolute Gasteiger partial charge is 0.448 e. The lowest BCUT2D eigenvalue weighted by molar-refractivity contribution is -0.0582. The molecule has 0 aromatic rings. The van der Waals surface area contributed by atoms with Gasteiger partial charge in [0, 0.05) is 0 Å². The van der Waals surface area contributed by atoms with E-state index >= 15 is 0 Å². The zero-order chi connectivity index (χ0) is 6.69. The second-order valence-electron chi connectivity index (χ2n) is 1.66. The first-order valence-corrected chi connectivity index (χ1v) is 2.71. The van der Waals surface area contributed by atoms with Crippen LogP contribution in [-0.2, 0) is 9.47 Å². The maximum Gasteiger partial charge on any atom is 0.248 e. The molecular formula is C4H8BNO3. The Hall–Kier alpha value is -0.545. The lowest BCUT2D eigenvalue weighted by Crippen LogP contribution is -2.12. The number of aliphatic hydroxyl groups is 1. The maximum absolute atomic E-state index is 8.47. The summed E-state index contributed by atoms with van der Waals surface area (Å²) in [6, 6.07) is 0. The van der Waals surface area contributed by atoms with Crippen molar-refractivity contribution >= 4 is 13.9 Å². The molecule has 50 valence electrons. The molecule has 0 aromatic heterocycles. The van der Waals surface area contributed by atoms with E-state index in [1.165, 1.54) is 0 Å². The van der Waals surface area contributed by atoms with Gasteiger partial charge in [0.2, 0.25) is 14.3 Å². The van der Waals surface area contributed by atoms with E-state index < -0.39 is 6.29 Å². The summed E-state index contributed by atoms with van der Waals surface area (Å²) in [6.45, 7) is 0.265. The van der Waals surface area contributed by atoms with E-state index in [0.717, 1.165) is 0 Å². The Morgan fingerprint density at radius 3 is 3.00 bits per heavy atom. The van der Waals surface area contributed by atoms with Crippen molar-refractivity contribution in [2.75, 3.05) is 13.2 Å².